The fourth-order valence-electron chi connectivity index (χ4n) is 3.96. The van der Waals surface area contributed by atoms with Gasteiger partial charge in [0.2, 0.25) is 11.8 Å². The number of amides is 2. The molecule has 0 aliphatic heterocycles. The maximum Gasteiger partial charge on any atom is 0.264 e. The second kappa shape index (κ2) is 13.8. The Labute approximate surface area is 236 Å². The summed E-state index contributed by atoms with van der Waals surface area (Å²) in [6.07, 6.45) is 0. The molecule has 0 aromatic heterocycles. The number of ether oxygens (including phenoxy) is 2. The van der Waals surface area contributed by atoms with Crippen molar-refractivity contribution in [2.24, 2.45) is 5.92 Å². The fourth-order valence-corrected chi connectivity index (χ4v) is 5.37. The molecule has 3 aromatic carbocycles. The van der Waals surface area contributed by atoms with Gasteiger partial charge in [-0.3, -0.25) is 13.9 Å². The van der Waals surface area contributed by atoms with Crippen molar-refractivity contribution in [2.75, 3.05) is 31.6 Å². The number of nitrogens with zero attached hydrogens (tertiary/aromatic N) is 2. The van der Waals surface area contributed by atoms with Gasteiger partial charge in [0.25, 0.3) is 10.0 Å². The minimum atomic E-state index is -4.14. The molecule has 2 amide bonds. The number of nitrogens with one attached hydrogen (secondary N) is 1. The number of hydrogen-bond donors (Lipinski definition) is 1. The maximum atomic E-state index is 13.9. The number of rotatable bonds is 13. The van der Waals surface area contributed by atoms with Gasteiger partial charge >= 0.3 is 0 Å². The lowest BCUT2D eigenvalue weighted by Crippen LogP contribution is -2.51. The van der Waals surface area contributed by atoms with E-state index in [9.17, 15) is 18.0 Å². The van der Waals surface area contributed by atoms with Crippen molar-refractivity contribution in [3.05, 3.63) is 84.4 Å². The van der Waals surface area contributed by atoms with E-state index in [4.69, 9.17) is 9.47 Å². The van der Waals surface area contributed by atoms with Crippen LogP contribution < -0.4 is 19.1 Å². The first kappa shape index (κ1) is 30.5. The highest BCUT2D eigenvalue weighted by molar-refractivity contribution is 7.92. The monoisotopic (exact) mass is 567 g/mol. The van der Waals surface area contributed by atoms with E-state index in [0.29, 0.717) is 23.7 Å². The largest absolute Gasteiger partial charge is 0.497 e. The zero-order valence-electron chi connectivity index (χ0n) is 23.5. The Morgan fingerprint density at radius 2 is 1.38 bits per heavy atom. The molecular formula is C30H37N3O6S. The molecule has 3 rings (SSSR count). The molecule has 0 aliphatic rings. The summed E-state index contributed by atoms with van der Waals surface area (Å²) in [5.74, 6) is 0.548. The molecule has 10 heteroatoms. The van der Waals surface area contributed by atoms with Crippen molar-refractivity contribution in [3.63, 3.8) is 0 Å². The fraction of sp³-hybridized carbons (Fsp3) is 0.333. The summed E-state index contributed by atoms with van der Waals surface area (Å²) >= 11 is 0. The Hall–Kier alpha value is -4.05. The quantitative estimate of drug-likeness (QED) is 0.334. The summed E-state index contributed by atoms with van der Waals surface area (Å²) in [5.41, 5.74) is 1.09. The van der Waals surface area contributed by atoms with Crippen LogP contribution in [0.4, 0.5) is 5.69 Å². The van der Waals surface area contributed by atoms with Crippen molar-refractivity contribution >= 4 is 27.5 Å². The second-order valence-electron chi connectivity index (χ2n) is 9.71. The molecule has 0 fully saturated rings. The van der Waals surface area contributed by atoms with E-state index in [1.165, 1.54) is 24.1 Å². The van der Waals surface area contributed by atoms with Crippen molar-refractivity contribution in [1.29, 1.82) is 0 Å². The molecule has 0 aliphatic carbocycles. The lowest BCUT2D eigenvalue weighted by atomic mass is 10.1. The SMILES string of the molecule is COc1ccc(CN(C(=O)CN(c2ccccc2)S(=O)(=O)c2ccc(OC)cc2)[C@@H](C)C(=O)NCC(C)C)cc1. The van der Waals surface area contributed by atoms with Gasteiger partial charge in [-0.25, -0.2) is 8.42 Å². The van der Waals surface area contributed by atoms with Crippen LogP contribution in [0.1, 0.15) is 26.3 Å². The average Bonchev–Trinajstić information content (AvgIpc) is 2.97. The van der Waals surface area contributed by atoms with Gasteiger partial charge in [-0.2, -0.15) is 0 Å². The third kappa shape index (κ3) is 7.75. The van der Waals surface area contributed by atoms with Gasteiger partial charge in [0.15, 0.2) is 0 Å². The van der Waals surface area contributed by atoms with E-state index >= 15 is 0 Å². The first-order valence-electron chi connectivity index (χ1n) is 13.0. The molecule has 40 heavy (non-hydrogen) atoms. The van der Waals surface area contributed by atoms with Crippen molar-refractivity contribution in [3.8, 4) is 11.5 Å². The molecule has 9 nitrogen and oxygen atoms in total. The van der Waals surface area contributed by atoms with E-state index in [-0.39, 0.29) is 23.3 Å². The third-order valence-electron chi connectivity index (χ3n) is 6.33. The lowest BCUT2D eigenvalue weighted by Gasteiger charge is -2.32. The van der Waals surface area contributed by atoms with E-state index in [1.807, 2.05) is 13.8 Å². The molecule has 1 N–H and O–H groups in total. The van der Waals surface area contributed by atoms with Crippen LogP contribution in [0.15, 0.2) is 83.8 Å². The number of sulfonamides is 1. The zero-order valence-corrected chi connectivity index (χ0v) is 24.4. The number of carbonyl (C=O) groups excluding carboxylic acids is 2. The summed E-state index contributed by atoms with van der Waals surface area (Å²) in [4.78, 5) is 28.4. The predicted molar refractivity (Wildman–Crippen MR) is 155 cm³/mol. The van der Waals surface area contributed by atoms with Crippen molar-refractivity contribution < 1.29 is 27.5 Å². The van der Waals surface area contributed by atoms with Crippen LogP contribution in [0.25, 0.3) is 0 Å². The molecule has 0 heterocycles. The number of para-hydroxylation sites is 1. The molecule has 0 unspecified atom stereocenters. The number of carbonyl (C=O) groups is 2. The van der Waals surface area contributed by atoms with Crippen LogP contribution in [0, 0.1) is 5.92 Å². The number of anilines is 1. The molecule has 1 atom stereocenters. The molecule has 0 saturated heterocycles. The summed E-state index contributed by atoms with van der Waals surface area (Å²) in [6.45, 7) is 5.65. The standard InChI is InChI=1S/C30H37N3O6S/c1-22(2)19-31-30(35)23(3)32(20-24-11-13-26(38-4)14-12-24)29(34)21-33(25-9-7-6-8-10-25)40(36,37)28-17-15-27(39-5)16-18-28/h6-18,22-23H,19-21H2,1-5H3,(H,31,35)/t23-/m0/s1. The molecule has 3 aromatic rings. The van der Waals surface area contributed by atoms with Crippen molar-refractivity contribution in [1.82, 2.24) is 10.2 Å². The topological polar surface area (TPSA) is 105 Å². The van der Waals surface area contributed by atoms with Crippen LogP contribution >= 0.6 is 0 Å². The smallest absolute Gasteiger partial charge is 0.264 e. The second-order valence-corrected chi connectivity index (χ2v) is 11.6. The Balaban J connectivity index is 1.98. The highest BCUT2D eigenvalue weighted by Crippen LogP contribution is 2.26. The van der Waals surface area contributed by atoms with Crippen LogP contribution in [0.2, 0.25) is 0 Å². The van der Waals surface area contributed by atoms with Crippen LogP contribution in [0.5, 0.6) is 11.5 Å². The van der Waals surface area contributed by atoms with Gasteiger partial charge in [0, 0.05) is 13.1 Å². The minimum Gasteiger partial charge on any atom is -0.497 e. The zero-order chi connectivity index (χ0) is 29.3. The molecule has 0 bridgehead atoms. The Morgan fingerprint density at radius 1 is 0.825 bits per heavy atom. The average molecular weight is 568 g/mol. The van der Waals surface area contributed by atoms with E-state index in [2.05, 4.69) is 5.32 Å². The van der Waals surface area contributed by atoms with E-state index < -0.39 is 28.5 Å². The minimum absolute atomic E-state index is 0.00869. The Kier molecular flexibility index (Phi) is 10.6. The number of benzene rings is 3. The third-order valence-corrected chi connectivity index (χ3v) is 8.12. The Bertz CT molecular complexity index is 1360. The van der Waals surface area contributed by atoms with Gasteiger partial charge < -0.3 is 19.7 Å². The van der Waals surface area contributed by atoms with Crippen LogP contribution in [0.3, 0.4) is 0 Å². The molecule has 0 spiro atoms. The van der Waals surface area contributed by atoms with Gasteiger partial charge in [-0.05, 0) is 66.9 Å². The summed E-state index contributed by atoms with van der Waals surface area (Å²) < 4.78 is 39.1. The number of methoxy groups -OCH3 is 2. The summed E-state index contributed by atoms with van der Waals surface area (Å²) in [6, 6.07) is 20.7. The lowest BCUT2D eigenvalue weighted by molar-refractivity contribution is -0.139. The molecular weight excluding hydrogens is 530 g/mol. The first-order chi connectivity index (χ1) is 19.1. The Morgan fingerprint density at radius 3 is 1.90 bits per heavy atom. The van der Waals surface area contributed by atoms with Gasteiger partial charge in [0.05, 0.1) is 24.8 Å². The van der Waals surface area contributed by atoms with Gasteiger partial charge in [-0.1, -0.05) is 44.2 Å². The van der Waals surface area contributed by atoms with Crippen molar-refractivity contribution in [2.45, 2.75) is 38.3 Å². The number of hydrogen-bond acceptors (Lipinski definition) is 6. The van der Waals surface area contributed by atoms with Crippen LogP contribution in [-0.2, 0) is 26.2 Å². The summed E-state index contributed by atoms with van der Waals surface area (Å²) in [7, 11) is -1.09. The first-order valence-corrected chi connectivity index (χ1v) is 14.4. The van der Waals surface area contributed by atoms with Gasteiger partial charge in [-0.15, -0.1) is 0 Å². The molecule has 0 radical (unpaired) electrons. The molecule has 0 saturated carbocycles. The predicted octanol–water partition coefficient (Wildman–Crippen LogP) is 4.09. The van der Waals surface area contributed by atoms with E-state index in [1.54, 1.807) is 80.8 Å². The highest BCUT2D eigenvalue weighted by atomic mass is 32.2. The highest BCUT2D eigenvalue weighted by Gasteiger charge is 2.32. The van der Waals surface area contributed by atoms with E-state index in [0.717, 1.165) is 9.87 Å². The van der Waals surface area contributed by atoms with Crippen LogP contribution in [-0.4, -0.2) is 58.5 Å². The molecule has 214 valence electrons. The summed E-state index contributed by atoms with van der Waals surface area (Å²) in [5, 5.41) is 2.88. The van der Waals surface area contributed by atoms with Gasteiger partial charge in [0.1, 0.15) is 24.1 Å². The maximum absolute atomic E-state index is 13.9. The normalized spacial score (nSPS) is 11.9.